The Morgan fingerprint density at radius 1 is 1.17 bits per heavy atom. The molecular weight excluding hydrogens is 298 g/mol. The number of nitrogens with one attached hydrogen (secondary N) is 3. The number of carbonyl (C=O) groups excluding carboxylic acids is 1. The maximum Gasteiger partial charge on any atom is 0.242 e. The summed E-state index contributed by atoms with van der Waals surface area (Å²) in [7, 11) is 4.63. The zero-order valence-corrected chi connectivity index (χ0v) is 14.1. The second-order valence-electron chi connectivity index (χ2n) is 5.47. The highest BCUT2D eigenvalue weighted by Gasteiger charge is 2.29. The Labute approximate surface area is 136 Å². The molecule has 1 amide bonds. The first-order valence-electron chi connectivity index (χ1n) is 7.74. The van der Waals surface area contributed by atoms with E-state index in [1.165, 1.54) is 0 Å². The molecule has 1 aromatic carbocycles. The first-order chi connectivity index (χ1) is 11.1. The molecule has 7 nitrogen and oxygen atoms in total. The average molecular weight is 323 g/mol. The summed E-state index contributed by atoms with van der Waals surface area (Å²) in [5, 5.41) is 2.89. The van der Waals surface area contributed by atoms with Gasteiger partial charge in [0.2, 0.25) is 11.7 Å². The molecule has 23 heavy (non-hydrogen) atoms. The van der Waals surface area contributed by atoms with E-state index in [-0.39, 0.29) is 11.9 Å². The van der Waals surface area contributed by atoms with E-state index in [1.54, 1.807) is 33.5 Å². The number of carbonyl (C=O) groups is 1. The quantitative estimate of drug-likeness (QED) is 0.708. The Kier molecular flexibility index (Phi) is 6.06. The molecule has 2 rings (SSSR count). The molecule has 2 unspecified atom stereocenters. The van der Waals surface area contributed by atoms with Gasteiger partial charge < -0.3 is 19.5 Å². The summed E-state index contributed by atoms with van der Waals surface area (Å²) in [6, 6.07) is 3.50. The third-order valence-electron chi connectivity index (χ3n) is 3.87. The van der Waals surface area contributed by atoms with Gasteiger partial charge in [0.05, 0.1) is 21.3 Å². The van der Waals surface area contributed by atoms with Crippen LogP contribution in [0.5, 0.6) is 17.2 Å². The summed E-state index contributed by atoms with van der Waals surface area (Å²) < 4.78 is 15.9. The molecule has 1 aliphatic heterocycles. The van der Waals surface area contributed by atoms with Crippen LogP contribution in [0.1, 0.15) is 26.2 Å². The molecule has 3 N–H and O–H groups in total. The van der Waals surface area contributed by atoms with Crippen molar-refractivity contribution >= 4 is 11.6 Å². The van der Waals surface area contributed by atoms with Crippen molar-refractivity contribution in [3.8, 4) is 17.2 Å². The van der Waals surface area contributed by atoms with Gasteiger partial charge in [-0.05, 0) is 12.8 Å². The van der Waals surface area contributed by atoms with Gasteiger partial charge in [0.25, 0.3) is 0 Å². The summed E-state index contributed by atoms with van der Waals surface area (Å²) in [6.07, 6.45) is 2.89. The fourth-order valence-corrected chi connectivity index (χ4v) is 2.71. The number of hydrogen-bond acceptors (Lipinski definition) is 6. The molecule has 128 valence electrons. The number of ether oxygens (including phenoxy) is 3. The Morgan fingerprint density at radius 2 is 1.83 bits per heavy atom. The third-order valence-corrected chi connectivity index (χ3v) is 3.87. The van der Waals surface area contributed by atoms with Crippen molar-refractivity contribution in [3.05, 3.63) is 12.1 Å². The monoisotopic (exact) mass is 323 g/mol. The second-order valence-corrected chi connectivity index (χ2v) is 5.47. The molecule has 0 aromatic heterocycles. The molecule has 0 saturated carbocycles. The van der Waals surface area contributed by atoms with Crippen molar-refractivity contribution < 1.29 is 19.0 Å². The van der Waals surface area contributed by atoms with Crippen LogP contribution in [-0.2, 0) is 4.79 Å². The lowest BCUT2D eigenvalue weighted by molar-refractivity contribution is -0.117. The van der Waals surface area contributed by atoms with Gasteiger partial charge in [0.1, 0.15) is 6.04 Å². The number of rotatable bonds is 7. The number of amides is 1. The number of hydrazine groups is 1. The fraction of sp³-hybridized carbons (Fsp3) is 0.562. The highest BCUT2D eigenvalue weighted by atomic mass is 16.5. The molecule has 7 heteroatoms. The van der Waals surface area contributed by atoms with Crippen LogP contribution in [0, 0.1) is 0 Å². The first-order valence-corrected chi connectivity index (χ1v) is 7.74. The zero-order chi connectivity index (χ0) is 16.8. The van der Waals surface area contributed by atoms with E-state index in [9.17, 15) is 4.79 Å². The predicted octanol–water partition coefficient (Wildman–Crippen LogP) is 1.69. The SMILES string of the molecule is CCCC1CC(C(=O)Nc2cc(OC)c(OC)c(OC)c2)NN1. The standard InChI is InChI=1S/C16H25N3O4/c1-5-6-10-7-12(19-18-10)16(20)17-11-8-13(21-2)15(23-4)14(9-11)22-3/h8-10,12,18-19H,5-7H2,1-4H3,(H,17,20). The molecule has 2 atom stereocenters. The van der Waals surface area contributed by atoms with E-state index < -0.39 is 0 Å². The van der Waals surface area contributed by atoms with E-state index >= 15 is 0 Å². The molecular formula is C16H25N3O4. The predicted molar refractivity (Wildman–Crippen MR) is 88.1 cm³/mol. The minimum absolute atomic E-state index is 0.0922. The van der Waals surface area contributed by atoms with E-state index in [0.717, 1.165) is 19.3 Å². The van der Waals surface area contributed by atoms with Crippen molar-refractivity contribution in [2.45, 2.75) is 38.3 Å². The van der Waals surface area contributed by atoms with Crippen LogP contribution in [0.4, 0.5) is 5.69 Å². The Balaban J connectivity index is 2.09. The summed E-state index contributed by atoms with van der Waals surface area (Å²) >= 11 is 0. The van der Waals surface area contributed by atoms with E-state index in [1.807, 2.05) is 0 Å². The van der Waals surface area contributed by atoms with Crippen LogP contribution in [0.2, 0.25) is 0 Å². The molecule has 1 aliphatic rings. The summed E-state index contributed by atoms with van der Waals surface area (Å²) in [5.41, 5.74) is 6.80. The topological polar surface area (TPSA) is 80.9 Å². The normalized spacial score (nSPS) is 20.2. The van der Waals surface area contributed by atoms with E-state index in [2.05, 4.69) is 23.1 Å². The molecule has 1 fully saturated rings. The van der Waals surface area contributed by atoms with Crippen LogP contribution in [0.25, 0.3) is 0 Å². The molecule has 1 saturated heterocycles. The van der Waals surface area contributed by atoms with Gasteiger partial charge in [-0.15, -0.1) is 0 Å². The molecule has 0 bridgehead atoms. The first kappa shape index (κ1) is 17.4. The molecule has 1 heterocycles. The largest absolute Gasteiger partial charge is 0.493 e. The smallest absolute Gasteiger partial charge is 0.242 e. The van der Waals surface area contributed by atoms with Crippen molar-refractivity contribution in [2.75, 3.05) is 26.6 Å². The highest BCUT2D eigenvalue weighted by Crippen LogP contribution is 2.39. The van der Waals surface area contributed by atoms with E-state index in [4.69, 9.17) is 14.2 Å². The van der Waals surface area contributed by atoms with Crippen molar-refractivity contribution in [1.82, 2.24) is 10.9 Å². The second kappa shape index (κ2) is 8.03. The lowest BCUT2D eigenvalue weighted by atomic mass is 10.1. The molecule has 1 aromatic rings. The van der Waals surface area contributed by atoms with Gasteiger partial charge in [-0.1, -0.05) is 13.3 Å². The zero-order valence-electron chi connectivity index (χ0n) is 14.1. The van der Waals surface area contributed by atoms with Gasteiger partial charge in [-0.2, -0.15) is 0 Å². The summed E-state index contributed by atoms with van der Waals surface area (Å²) in [5.74, 6) is 1.41. The van der Waals surface area contributed by atoms with Crippen LogP contribution >= 0.6 is 0 Å². The minimum atomic E-state index is -0.259. The van der Waals surface area contributed by atoms with Gasteiger partial charge in [-0.3, -0.25) is 10.2 Å². The van der Waals surface area contributed by atoms with E-state index in [0.29, 0.717) is 29.0 Å². The van der Waals surface area contributed by atoms with Gasteiger partial charge in [0, 0.05) is 23.9 Å². The minimum Gasteiger partial charge on any atom is -0.493 e. The van der Waals surface area contributed by atoms with Gasteiger partial charge >= 0.3 is 0 Å². The Morgan fingerprint density at radius 3 is 2.35 bits per heavy atom. The fourth-order valence-electron chi connectivity index (χ4n) is 2.71. The van der Waals surface area contributed by atoms with Crippen molar-refractivity contribution in [1.29, 1.82) is 0 Å². The van der Waals surface area contributed by atoms with Crippen LogP contribution in [-0.4, -0.2) is 39.3 Å². The van der Waals surface area contributed by atoms with Gasteiger partial charge in [0.15, 0.2) is 11.5 Å². The molecule has 0 spiro atoms. The van der Waals surface area contributed by atoms with Crippen LogP contribution in [0.15, 0.2) is 12.1 Å². The molecule has 0 radical (unpaired) electrons. The lowest BCUT2D eigenvalue weighted by Crippen LogP contribution is -2.40. The van der Waals surface area contributed by atoms with Crippen LogP contribution < -0.4 is 30.4 Å². The Hall–Kier alpha value is -1.99. The summed E-state index contributed by atoms with van der Waals surface area (Å²) in [6.45, 7) is 2.13. The average Bonchev–Trinajstić information content (AvgIpc) is 3.03. The number of methoxy groups -OCH3 is 3. The maximum absolute atomic E-state index is 12.4. The lowest BCUT2D eigenvalue weighted by Gasteiger charge is -2.16. The van der Waals surface area contributed by atoms with Gasteiger partial charge in [-0.25, -0.2) is 5.43 Å². The number of hydrogen-bond donors (Lipinski definition) is 3. The van der Waals surface area contributed by atoms with Crippen LogP contribution in [0.3, 0.4) is 0 Å². The highest BCUT2D eigenvalue weighted by molar-refractivity contribution is 5.95. The third kappa shape index (κ3) is 4.05. The Bertz CT molecular complexity index is 525. The van der Waals surface area contributed by atoms with Crippen molar-refractivity contribution in [2.24, 2.45) is 0 Å². The maximum atomic E-state index is 12.4. The molecule has 0 aliphatic carbocycles. The number of benzene rings is 1. The van der Waals surface area contributed by atoms with Crippen molar-refractivity contribution in [3.63, 3.8) is 0 Å². The number of anilines is 1. The summed E-state index contributed by atoms with van der Waals surface area (Å²) in [4.78, 5) is 12.4.